The number of rotatable bonds is 2. The van der Waals surface area contributed by atoms with E-state index in [2.05, 4.69) is 15.2 Å². The second-order valence-corrected chi connectivity index (χ2v) is 6.61. The summed E-state index contributed by atoms with van der Waals surface area (Å²) >= 11 is 6.33. The van der Waals surface area contributed by atoms with Crippen LogP contribution in [0.3, 0.4) is 0 Å². The molecular formula is C15H21ClN4O. The molecule has 3 heterocycles. The molecule has 2 fully saturated rings. The first-order valence-electron chi connectivity index (χ1n) is 7.51. The summed E-state index contributed by atoms with van der Waals surface area (Å²) in [5, 5.41) is 3.99. The van der Waals surface area contributed by atoms with E-state index in [-0.39, 0.29) is 0 Å². The Hall–Kier alpha value is -1.33. The number of carbonyl (C=O) groups excluding carboxylic acids is 1. The molecule has 1 amide bonds. The minimum Gasteiger partial charge on any atom is -0.366 e. The molecule has 1 atom stereocenters. The number of halogens is 1. The zero-order valence-corrected chi connectivity index (χ0v) is 12.8. The number of hydrogen-bond donors (Lipinski definition) is 2. The lowest BCUT2D eigenvalue weighted by Crippen LogP contribution is -2.38. The molecule has 1 unspecified atom stereocenters. The van der Waals surface area contributed by atoms with Crippen LogP contribution in [-0.2, 0) is 0 Å². The zero-order chi connectivity index (χ0) is 14.9. The normalized spacial score (nSPS) is 26.0. The van der Waals surface area contributed by atoms with Crippen molar-refractivity contribution in [2.24, 2.45) is 11.1 Å². The van der Waals surface area contributed by atoms with Gasteiger partial charge < -0.3 is 16.0 Å². The fraction of sp³-hybridized carbons (Fsp3) is 0.600. The molecule has 2 saturated heterocycles. The SMILES string of the molecule is NC(=O)c1cnc(N2CCCCC3(CCNC3)C2)c(Cl)c1. The van der Waals surface area contributed by atoms with Crippen LogP contribution in [0.25, 0.3) is 0 Å². The summed E-state index contributed by atoms with van der Waals surface area (Å²) in [5.74, 6) is 0.276. The summed E-state index contributed by atoms with van der Waals surface area (Å²) in [6.45, 7) is 4.10. The maximum Gasteiger partial charge on any atom is 0.250 e. The predicted octanol–water partition coefficient (Wildman–Crippen LogP) is 1.80. The Morgan fingerprint density at radius 1 is 1.43 bits per heavy atom. The zero-order valence-electron chi connectivity index (χ0n) is 12.1. The fourth-order valence-corrected chi connectivity index (χ4v) is 3.77. The Morgan fingerprint density at radius 3 is 2.95 bits per heavy atom. The summed E-state index contributed by atoms with van der Waals surface area (Å²) in [6.07, 6.45) is 6.38. The van der Waals surface area contributed by atoms with Crippen molar-refractivity contribution in [2.45, 2.75) is 25.7 Å². The van der Waals surface area contributed by atoms with Crippen molar-refractivity contribution < 1.29 is 4.79 Å². The van der Waals surface area contributed by atoms with Gasteiger partial charge in [0, 0.05) is 31.2 Å². The third-order valence-electron chi connectivity index (χ3n) is 4.65. The smallest absolute Gasteiger partial charge is 0.250 e. The van der Waals surface area contributed by atoms with Gasteiger partial charge in [0.25, 0.3) is 0 Å². The van der Waals surface area contributed by atoms with E-state index in [0.717, 1.165) is 38.4 Å². The van der Waals surface area contributed by atoms with Crippen LogP contribution in [0.5, 0.6) is 0 Å². The van der Waals surface area contributed by atoms with Gasteiger partial charge in [0.1, 0.15) is 5.82 Å². The Labute approximate surface area is 129 Å². The highest BCUT2D eigenvalue weighted by Gasteiger charge is 2.37. The number of pyridine rings is 1. The molecule has 0 aliphatic carbocycles. The Balaban J connectivity index is 1.86. The van der Waals surface area contributed by atoms with Gasteiger partial charge >= 0.3 is 0 Å². The summed E-state index contributed by atoms with van der Waals surface area (Å²) in [6, 6.07) is 1.62. The van der Waals surface area contributed by atoms with E-state index in [1.165, 1.54) is 25.5 Å². The van der Waals surface area contributed by atoms with E-state index in [0.29, 0.717) is 16.0 Å². The molecule has 21 heavy (non-hydrogen) atoms. The van der Waals surface area contributed by atoms with Gasteiger partial charge in [-0.05, 0) is 31.9 Å². The fourth-order valence-electron chi connectivity index (χ4n) is 3.49. The molecule has 1 spiro atoms. The van der Waals surface area contributed by atoms with E-state index < -0.39 is 5.91 Å². The highest BCUT2D eigenvalue weighted by Crippen LogP contribution is 2.37. The van der Waals surface area contributed by atoms with Crippen molar-refractivity contribution in [2.75, 3.05) is 31.1 Å². The topological polar surface area (TPSA) is 71.2 Å². The number of nitrogens with zero attached hydrogens (tertiary/aromatic N) is 2. The van der Waals surface area contributed by atoms with Gasteiger partial charge in [0.2, 0.25) is 5.91 Å². The average Bonchev–Trinajstić information content (AvgIpc) is 2.80. The minimum atomic E-state index is -0.497. The molecule has 114 valence electrons. The third-order valence-corrected chi connectivity index (χ3v) is 4.93. The van der Waals surface area contributed by atoms with E-state index in [9.17, 15) is 4.79 Å². The summed E-state index contributed by atoms with van der Waals surface area (Å²) < 4.78 is 0. The number of primary amides is 1. The van der Waals surface area contributed by atoms with Crippen LogP contribution in [0.1, 0.15) is 36.0 Å². The van der Waals surface area contributed by atoms with Crippen molar-refractivity contribution in [3.05, 3.63) is 22.8 Å². The lowest BCUT2D eigenvalue weighted by molar-refractivity contribution is 0.1000. The van der Waals surface area contributed by atoms with Gasteiger partial charge in [0.05, 0.1) is 10.6 Å². The quantitative estimate of drug-likeness (QED) is 0.874. The standard InChI is InChI=1S/C15H21ClN4O/c16-12-7-11(13(17)21)8-19-14(12)20-6-2-1-3-15(10-20)4-5-18-9-15/h7-8,18H,1-6,9-10H2,(H2,17,21). The van der Waals surface area contributed by atoms with Crippen LogP contribution in [0.2, 0.25) is 5.02 Å². The molecule has 2 aliphatic heterocycles. The monoisotopic (exact) mass is 308 g/mol. The van der Waals surface area contributed by atoms with Gasteiger partial charge in [-0.1, -0.05) is 18.0 Å². The van der Waals surface area contributed by atoms with Crippen LogP contribution in [-0.4, -0.2) is 37.1 Å². The number of aromatic nitrogens is 1. The number of nitrogens with one attached hydrogen (secondary N) is 1. The summed E-state index contributed by atoms with van der Waals surface area (Å²) in [7, 11) is 0. The van der Waals surface area contributed by atoms with Crippen LogP contribution < -0.4 is 16.0 Å². The number of hydrogen-bond acceptors (Lipinski definition) is 4. The Bertz CT molecular complexity index is 542. The van der Waals surface area contributed by atoms with Gasteiger partial charge in [-0.15, -0.1) is 0 Å². The highest BCUT2D eigenvalue weighted by molar-refractivity contribution is 6.33. The maximum absolute atomic E-state index is 11.2. The van der Waals surface area contributed by atoms with Crippen LogP contribution in [0, 0.1) is 5.41 Å². The van der Waals surface area contributed by atoms with Gasteiger partial charge in [-0.25, -0.2) is 4.98 Å². The van der Waals surface area contributed by atoms with Crippen LogP contribution >= 0.6 is 11.6 Å². The molecule has 2 aliphatic rings. The van der Waals surface area contributed by atoms with Gasteiger partial charge in [-0.3, -0.25) is 4.79 Å². The van der Waals surface area contributed by atoms with Gasteiger partial charge in [-0.2, -0.15) is 0 Å². The molecule has 3 rings (SSSR count). The molecule has 6 heteroatoms. The third kappa shape index (κ3) is 2.99. The van der Waals surface area contributed by atoms with E-state index in [4.69, 9.17) is 17.3 Å². The number of carbonyl (C=O) groups is 1. The first-order valence-corrected chi connectivity index (χ1v) is 7.88. The Kier molecular flexibility index (Phi) is 4.04. The van der Waals surface area contributed by atoms with Crippen molar-refractivity contribution in [3.8, 4) is 0 Å². The second-order valence-electron chi connectivity index (χ2n) is 6.20. The van der Waals surface area contributed by atoms with Crippen LogP contribution in [0.15, 0.2) is 12.3 Å². The first kappa shape index (κ1) is 14.6. The molecule has 1 aromatic heterocycles. The second kappa shape index (κ2) is 5.81. The number of nitrogens with two attached hydrogens (primary N) is 1. The van der Waals surface area contributed by atoms with Crippen molar-refractivity contribution in [1.29, 1.82) is 0 Å². The van der Waals surface area contributed by atoms with E-state index in [1.54, 1.807) is 6.07 Å². The molecular weight excluding hydrogens is 288 g/mol. The maximum atomic E-state index is 11.2. The lowest BCUT2D eigenvalue weighted by atomic mass is 9.82. The number of amides is 1. The van der Waals surface area contributed by atoms with E-state index in [1.807, 2.05) is 0 Å². The molecule has 0 radical (unpaired) electrons. The molecule has 0 saturated carbocycles. The number of anilines is 1. The average molecular weight is 309 g/mol. The molecule has 3 N–H and O–H groups in total. The van der Waals surface area contributed by atoms with E-state index >= 15 is 0 Å². The van der Waals surface area contributed by atoms with Crippen molar-refractivity contribution in [1.82, 2.24) is 10.3 Å². The lowest BCUT2D eigenvalue weighted by Gasteiger charge is -2.33. The predicted molar refractivity (Wildman–Crippen MR) is 83.7 cm³/mol. The first-order chi connectivity index (χ1) is 10.1. The van der Waals surface area contributed by atoms with Crippen LogP contribution in [0.4, 0.5) is 5.82 Å². The summed E-state index contributed by atoms with van der Waals surface area (Å²) in [5.41, 5.74) is 5.97. The molecule has 5 nitrogen and oxygen atoms in total. The highest BCUT2D eigenvalue weighted by atomic mass is 35.5. The molecule has 1 aromatic rings. The minimum absolute atomic E-state index is 0.337. The largest absolute Gasteiger partial charge is 0.366 e. The molecule has 0 bridgehead atoms. The van der Waals surface area contributed by atoms with Gasteiger partial charge in [0.15, 0.2) is 0 Å². The van der Waals surface area contributed by atoms with Crippen molar-refractivity contribution >= 4 is 23.3 Å². The van der Waals surface area contributed by atoms with Crippen molar-refractivity contribution in [3.63, 3.8) is 0 Å². The Morgan fingerprint density at radius 2 is 2.29 bits per heavy atom. The molecule has 0 aromatic carbocycles. The summed E-state index contributed by atoms with van der Waals surface area (Å²) in [4.78, 5) is 17.9.